The van der Waals surface area contributed by atoms with E-state index in [-0.39, 0.29) is 64.6 Å². The zero-order valence-corrected chi connectivity index (χ0v) is 45.0. The van der Waals surface area contributed by atoms with E-state index in [1.165, 1.54) is 92.0 Å². The molecule has 9 heteroatoms. The topological polar surface area (TPSA) is 118 Å². The van der Waals surface area contributed by atoms with Crippen molar-refractivity contribution >= 4 is 27.4 Å². The maximum absolute atomic E-state index is 10.1. The Balaban J connectivity index is 0.000000330. The number of alkyl halides is 1. The van der Waals surface area contributed by atoms with Crippen LogP contribution in [0.1, 0.15) is 191 Å². The predicted molar refractivity (Wildman–Crippen MR) is 261 cm³/mol. The Kier molecular flexibility index (Phi) is 27.3. The molecule has 0 unspecified atom stereocenters. The van der Waals surface area contributed by atoms with Crippen molar-refractivity contribution in [3.63, 3.8) is 0 Å². The van der Waals surface area contributed by atoms with Crippen LogP contribution in [-0.4, -0.2) is 32.4 Å². The van der Waals surface area contributed by atoms with Gasteiger partial charge in [-0.15, -0.1) is 5.60 Å². The summed E-state index contributed by atoms with van der Waals surface area (Å²) < 4.78 is 0. The summed E-state index contributed by atoms with van der Waals surface area (Å²) in [6, 6.07) is 25.4. The number of oxime groups is 2. The zero-order chi connectivity index (χ0) is 45.7. The molecule has 6 rings (SSSR count). The van der Waals surface area contributed by atoms with Crippen LogP contribution in [0, 0.1) is 13.8 Å². The van der Waals surface area contributed by atoms with Crippen molar-refractivity contribution in [3.05, 3.63) is 140 Å². The minimum absolute atomic E-state index is 0. The van der Waals surface area contributed by atoms with Crippen LogP contribution in [0.2, 0.25) is 0 Å². The number of hydrogen-bond donors (Lipinski definition) is 3. The van der Waals surface area contributed by atoms with Crippen molar-refractivity contribution in [3.8, 4) is 0 Å². The van der Waals surface area contributed by atoms with Gasteiger partial charge in [-0.25, -0.2) is 0 Å². The SMILES string of the molecule is CC(C)(C)[O-].CCc1cc(/C(C)=N/O)ccc1CO.CCc1cc(/C(C)=N/OCc2ccc(C3CCCCC3)c(C)c2)ccc1CO.Cc1cc(CBr)ccc1C1CCCCC1.[K+]. The molecule has 3 N–H and O–H groups in total. The van der Waals surface area contributed by atoms with Crippen molar-refractivity contribution in [2.24, 2.45) is 10.3 Å². The molecule has 2 aliphatic rings. The normalized spacial score (nSPS) is 14.8. The first-order chi connectivity index (χ1) is 29.6. The maximum Gasteiger partial charge on any atom is 1.00 e. The fourth-order valence-electron chi connectivity index (χ4n) is 8.37. The predicted octanol–water partition coefficient (Wildman–Crippen LogP) is 10.1. The third-order valence-electron chi connectivity index (χ3n) is 11.8. The number of nitrogens with zero attached hydrogens (tertiary/aromatic N) is 2. The van der Waals surface area contributed by atoms with E-state index in [0.717, 1.165) is 69.1 Å². The summed E-state index contributed by atoms with van der Waals surface area (Å²) in [4.78, 5) is 5.64. The summed E-state index contributed by atoms with van der Waals surface area (Å²) in [7, 11) is 0. The van der Waals surface area contributed by atoms with Crippen molar-refractivity contribution < 1.29 is 76.7 Å². The molecule has 7 nitrogen and oxygen atoms in total. The van der Waals surface area contributed by atoms with E-state index in [0.29, 0.717) is 12.3 Å². The van der Waals surface area contributed by atoms with Gasteiger partial charge in [0.2, 0.25) is 0 Å². The second kappa shape index (κ2) is 30.2. The Morgan fingerprint density at radius 1 is 0.651 bits per heavy atom. The molecule has 0 atom stereocenters. The maximum atomic E-state index is 10.1. The van der Waals surface area contributed by atoms with Crippen LogP contribution in [0.5, 0.6) is 0 Å². The van der Waals surface area contributed by atoms with Crippen LogP contribution in [0.15, 0.2) is 83.1 Å². The summed E-state index contributed by atoms with van der Waals surface area (Å²) in [5.74, 6) is 1.57. The summed E-state index contributed by atoms with van der Waals surface area (Å²) in [6.45, 7) is 17.8. The number of rotatable bonds is 12. The third kappa shape index (κ3) is 20.1. The van der Waals surface area contributed by atoms with Gasteiger partial charge in [-0.1, -0.05) is 160 Å². The molecule has 4 aromatic carbocycles. The Hall–Kier alpha value is -2.18. The van der Waals surface area contributed by atoms with Gasteiger partial charge < -0.3 is 25.4 Å². The second-order valence-corrected chi connectivity index (χ2v) is 18.5. The third-order valence-corrected chi connectivity index (χ3v) is 12.5. The van der Waals surface area contributed by atoms with Crippen molar-refractivity contribution in [1.29, 1.82) is 0 Å². The number of benzene rings is 4. The van der Waals surface area contributed by atoms with Crippen LogP contribution in [0.4, 0.5) is 0 Å². The second-order valence-electron chi connectivity index (χ2n) is 17.9. The number of aliphatic hydroxyl groups is 2. The minimum Gasteiger partial charge on any atom is -0.850 e. The van der Waals surface area contributed by atoms with Crippen molar-refractivity contribution in [1.82, 2.24) is 0 Å². The average Bonchev–Trinajstić information content (AvgIpc) is 3.28. The van der Waals surface area contributed by atoms with E-state index >= 15 is 0 Å². The number of aliphatic hydroxyl groups excluding tert-OH is 2. The zero-order valence-electron chi connectivity index (χ0n) is 40.3. The van der Waals surface area contributed by atoms with Crippen LogP contribution in [-0.2, 0) is 42.8 Å². The summed E-state index contributed by atoms with van der Waals surface area (Å²) in [5.41, 5.74) is 15.3. The molecule has 0 amide bonds. The van der Waals surface area contributed by atoms with Gasteiger partial charge >= 0.3 is 51.4 Å². The van der Waals surface area contributed by atoms with Crippen molar-refractivity contribution in [2.75, 3.05) is 0 Å². The van der Waals surface area contributed by atoms with Gasteiger partial charge in [-0.2, -0.15) is 0 Å². The Bertz CT molecular complexity index is 2010. The van der Waals surface area contributed by atoms with E-state index in [4.69, 9.17) is 15.2 Å². The molecule has 0 heterocycles. The Labute approximate surface area is 431 Å². The van der Waals surface area contributed by atoms with Gasteiger partial charge in [0.15, 0.2) is 0 Å². The molecule has 2 fully saturated rings. The summed E-state index contributed by atoms with van der Waals surface area (Å²) >= 11 is 3.51. The first kappa shape index (κ1) is 56.9. The smallest absolute Gasteiger partial charge is 0.850 e. The monoisotopic (exact) mass is 950 g/mol. The summed E-state index contributed by atoms with van der Waals surface area (Å²) in [6.07, 6.45) is 15.6. The Morgan fingerprint density at radius 3 is 1.44 bits per heavy atom. The molecule has 2 aliphatic carbocycles. The molecule has 4 aromatic rings. The first-order valence-corrected chi connectivity index (χ1v) is 24.0. The van der Waals surface area contributed by atoms with E-state index in [2.05, 4.69) is 89.5 Å². The number of hydrogen-bond acceptors (Lipinski definition) is 7. The van der Waals surface area contributed by atoms with Gasteiger partial charge in [0.05, 0.1) is 24.6 Å². The van der Waals surface area contributed by atoms with Gasteiger partial charge in [-0.05, 0) is 157 Å². The molecule has 0 saturated heterocycles. The van der Waals surface area contributed by atoms with Crippen LogP contribution >= 0.6 is 15.9 Å². The average molecular weight is 952 g/mol. The standard InChI is InChI=1S/C25H33NO2.C14H19Br.C11H15NO2.C4H9O.K/c1-4-21-15-23(11-12-24(21)16-27)19(3)26-28-17-20-10-13-25(18(2)14-20)22-8-6-5-7-9-22;1-11-9-12(10-15)7-8-14(11)13-5-3-2-4-6-13;1-3-9-6-10(8(2)12-14)4-5-11(9)7-13;1-4(2,3)5;/h10-15,22,27H,4-9,16-17H2,1-3H3;7-9,13H,2-6,10H2,1H3;4-6,13-14H,3,7H2,1-2H3;1-3H3;/q;;;-1;+1/b26-19+;;12-8+;;. The summed E-state index contributed by atoms with van der Waals surface area (Å²) in [5, 5.41) is 45.6. The van der Waals surface area contributed by atoms with Gasteiger partial charge in [-0.3, -0.25) is 0 Å². The first-order valence-electron chi connectivity index (χ1n) is 22.9. The van der Waals surface area contributed by atoms with E-state index in [1.807, 2.05) is 44.2 Å². The van der Waals surface area contributed by atoms with Gasteiger partial charge in [0.25, 0.3) is 0 Å². The molecule has 0 spiro atoms. The van der Waals surface area contributed by atoms with Gasteiger partial charge in [0.1, 0.15) is 6.61 Å². The largest absolute Gasteiger partial charge is 1.00 e. The molecular weight excluding hydrogens is 876 g/mol. The van der Waals surface area contributed by atoms with Gasteiger partial charge in [0, 0.05) is 5.33 Å². The quantitative estimate of drug-likeness (QED) is 0.0430. The van der Waals surface area contributed by atoms with Crippen LogP contribution < -0.4 is 56.5 Å². The van der Waals surface area contributed by atoms with Crippen LogP contribution in [0.3, 0.4) is 0 Å². The number of halogens is 1. The molecule has 340 valence electrons. The fourth-order valence-corrected chi connectivity index (χ4v) is 8.72. The van der Waals surface area contributed by atoms with E-state index < -0.39 is 5.60 Å². The Morgan fingerprint density at radius 2 is 1.06 bits per heavy atom. The number of aryl methyl sites for hydroxylation is 4. The fraction of sp³-hybridized carbons (Fsp3) is 0.519. The van der Waals surface area contributed by atoms with Crippen LogP contribution in [0.25, 0.3) is 0 Å². The molecule has 0 aromatic heterocycles. The molecular formula is C54H76BrKN2O5. The van der Waals surface area contributed by atoms with Crippen molar-refractivity contribution in [2.45, 2.75) is 182 Å². The minimum atomic E-state index is -0.750. The molecule has 0 bridgehead atoms. The molecule has 63 heavy (non-hydrogen) atoms. The molecule has 0 aliphatic heterocycles. The van der Waals surface area contributed by atoms with E-state index in [1.54, 1.807) is 33.3 Å². The van der Waals surface area contributed by atoms with E-state index in [9.17, 15) is 10.2 Å². The molecule has 2 saturated carbocycles. The molecule has 0 radical (unpaired) electrons.